The van der Waals surface area contributed by atoms with Crippen molar-refractivity contribution in [2.75, 3.05) is 18.6 Å². The lowest BCUT2D eigenvalue weighted by molar-refractivity contribution is -0.119. The molecule has 1 saturated heterocycles. The van der Waals surface area contributed by atoms with E-state index < -0.39 is 0 Å². The Kier molecular flexibility index (Phi) is 4.26. The Morgan fingerprint density at radius 1 is 1.31 bits per heavy atom. The second-order valence-corrected chi connectivity index (χ2v) is 6.31. The van der Waals surface area contributed by atoms with Crippen LogP contribution in [0, 0.1) is 0 Å². The van der Waals surface area contributed by atoms with Crippen molar-refractivity contribution in [3.63, 3.8) is 0 Å². The molecular weight excluding hydrogens is 332 g/mol. The van der Waals surface area contributed by atoms with Crippen LogP contribution in [0.1, 0.15) is 18.7 Å². The Morgan fingerprint density at radius 3 is 2.85 bits per heavy atom. The summed E-state index contributed by atoms with van der Waals surface area (Å²) in [6.45, 7) is 1.06. The molecule has 1 amide bonds. The number of ether oxygens (including phenoxy) is 1. The van der Waals surface area contributed by atoms with Gasteiger partial charge in [-0.25, -0.2) is 15.0 Å². The molecule has 134 valence electrons. The molecule has 0 spiro atoms. The highest BCUT2D eigenvalue weighted by Crippen LogP contribution is 2.31. The molecule has 3 heterocycles. The number of fused-ring (bicyclic) bond motifs is 1. The predicted octanol–water partition coefficient (Wildman–Crippen LogP) is 1.62. The molecule has 0 unspecified atom stereocenters. The fourth-order valence-electron chi connectivity index (χ4n) is 3.38. The number of carbonyl (C=O) groups excluding carboxylic acids is 1. The van der Waals surface area contributed by atoms with Crippen molar-refractivity contribution < 1.29 is 9.53 Å². The van der Waals surface area contributed by atoms with Crippen LogP contribution in [0.4, 0.5) is 5.82 Å². The molecule has 26 heavy (non-hydrogen) atoms. The minimum absolute atomic E-state index is 0.341. The molecule has 8 heteroatoms. The number of hydrogen-bond donors (Lipinski definition) is 2. The Labute approximate surface area is 150 Å². The smallest absolute Gasteiger partial charge is 0.240 e. The first-order valence-corrected chi connectivity index (χ1v) is 8.54. The lowest BCUT2D eigenvalue weighted by Crippen LogP contribution is -2.41. The Balaban J connectivity index is 1.89. The second kappa shape index (κ2) is 6.72. The minimum Gasteiger partial charge on any atom is -0.377 e. The monoisotopic (exact) mass is 352 g/mol. The maximum absolute atomic E-state index is 11.9. The summed E-state index contributed by atoms with van der Waals surface area (Å²) in [5, 5.41) is 0. The lowest BCUT2D eigenvalue weighted by Gasteiger charge is -2.23. The Morgan fingerprint density at radius 2 is 2.12 bits per heavy atom. The molecular formula is C18H20N6O2. The molecule has 3 N–H and O–H groups in total. The number of hydrogen-bond acceptors (Lipinski definition) is 6. The van der Waals surface area contributed by atoms with Gasteiger partial charge in [-0.1, -0.05) is 30.3 Å². The fraction of sp³-hybridized carbons (Fsp3) is 0.333. The van der Waals surface area contributed by atoms with Crippen molar-refractivity contribution in [3.05, 3.63) is 36.2 Å². The van der Waals surface area contributed by atoms with Gasteiger partial charge in [-0.3, -0.25) is 4.79 Å². The average Bonchev–Trinajstić information content (AvgIpc) is 3.28. The zero-order valence-corrected chi connectivity index (χ0v) is 14.5. The van der Waals surface area contributed by atoms with Crippen LogP contribution >= 0.6 is 0 Å². The predicted molar refractivity (Wildman–Crippen MR) is 97.4 cm³/mol. The van der Waals surface area contributed by atoms with Crippen LogP contribution in [0.2, 0.25) is 0 Å². The zero-order valence-electron chi connectivity index (χ0n) is 14.5. The SMILES string of the molecule is COCc1nc2nc(-c3ccccc3)nc(N3CCC[C@H]3C(N)=O)c2[nH]1. The summed E-state index contributed by atoms with van der Waals surface area (Å²) in [4.78, 5) is 30.9. The van der Waals surface area contributed by atoms with Crippen molar-refractivity contribution in [1.82, 2.24) is 19.9 Å². The summed E-state index contributed by atoms with van der Waals surface area (Å²) in [7, 11) is 1.61. The molecule has 0 radical (unpaired) electrons. The number of aromatic nitrogens is 4. The standard InChI is InChI=1S/C18H20N6O2/c1-26-10-13-20-14-17(21-13)22-16(11-6-3-2-4-7-11)23-18(14)24-9-5-8-12(24)15(19)25/h2-4,6-7,12H,5,8-10H2,1H3,(H2,19,25)(H,20,21,22,23)/t12-/m0/s1. The first-order valence-electron chi connectivity index (χ1n) is 8.54. The van der Waals surface area contributed by atoms with E-state index in [9.17, 15) is 4.79 Å². The van der Waals surface area contributed by atoms with Crippen molar-refractivity contribution in [3.8, 4) is 11.4 Å². The summed E-state index contributed by atoms with van der Waals surface area (Å²) in [5.41, 5.74) is 7.74. The number of methoxy groups -OCH3 is 1. The van der Waals surface area contributed by atoms with E-state index in [1.165, 1.54) is 0 Å². The van der Waals surface area contributed by atoms with Crippen molar-refractivity contribution in [2.24, 2.45) is 5.73 Å². The number of H-pyrrole nitrogens is 1. The van der Waals surface area contributed by atoms with Crippen LogP contribution in [-0.2, 0) is 16.1 Å². The first kappa shape index (κ1) is 16.5. The van der Waals surface area contributed by atoms with E-state index in [1.807, 2.05) is 35.2 Å². The highest BCUT2D eigenvalue weighted by atomic mass is 16.5. The Hall–Kier alpha value is -3.00. The van der Waals surface area contributed by atoms with Crippen LogP contribution in [0.15, 0.2) is 30.3 Å². The van der Waals surface area contributed by atoms with E-state index in [0.717, 1.165) is 18.4 Å². The zero-order chi connectivity index (χ0) is 18.1. The Bertz CT molecular complexity index is 940. The molecule has 4 rings (SSSR count). The summed E-state index contributed by atoms with van der Waals surface area (Å²) in [5.74, 6) is 1.55. The molecule has 1 aliphatic rings. The van der Waals surface area contributed by atoms with E-state index in [2.05, 4.69) is 15.0 Å². The molecule has 1 fully saturated rings. The van der Waals surface area contributed by atoms with Crippen molar-refractivity contribution in [1.29, 1.82) is 0 Å². The quantitative estimate of drug-likeness (QED) is 0.722. The van der Waals surface area contributed by atoms with Gasteiger partial charge in [0.05, 0.1) is 0 Å². The third kappa shape index (κ3) is 2.88. The molecule has 0 aliphatic carbocycles. The van der Waals surface area contributed by atoms with Crippen LogP contribution in [0.25, 0.3) is 22.6 Å². The van der Waals surface area contributed by atoms with Crippen molar-refractivity contribution in [2.45, 2.75) is 25.5 Å². The normalized spacial score (nSPS) is 17.1. The number of nitrogens with two attached hydrogens (primary N) is 1. The third-order valence-electron chi connectivity index (χ3n) is 4.55. The van der Waals surface area contributed by atoms with Gasteiger partial charge < -0.3 is 20.4 Å². The third-order valence-corrected chi connectivity index (χ3v) is 4.55. The number of anilines is 1. The number of nitrogens with one attached hydrogen (secondary N) is 1. The maximum Gasteiger partial charge on any atom is 0.240 e. The van der Waals surface area contributed by atoms with Gasteiger partial charge in [-0.2, -0.15) is 0 Å². The summed E-state index contributed by atoms with van der Waals surface area (Å²) >= 11 is 0. The maximum atomic E-state index is 11.9. The van der Waals surface area contributed by atoms with Gasteiger partial charge in [-0.05, 0) is 12.8 Å². The van der Waals surface area contributed by atoms with Gasteiger partial charge in [0, 0.05) is 19.2 Å². The summed E-state index contributed by atoms with van der Waals surface area (Å²) in [6, 6.07) is 9.34. The molecule has 1 atom stereocenters. The highest BCUT2D eigenvalue weighted by Gasteiger charge is 2.32. The van der Waals surface area contributed by atoms with E-state index in [4.69, 9.17) is 15.5 Å². The summed E-state index contributed by atoms with van der Waals surface area (Å²) < 4.78 is 5.17. The molecule has 1 aromatic carbocycles. The molecule has 1 aliphatic heterocycles. The van der Waals surface area contributed by atoms with Gasteiger partial charge in [0.15, 0.2) is 17.3 Å². The van der Waals surface area contributed by atoms with Gasteiger partial charge in [0.2, 0.25) is 5.91 Å². The van der Waals surface area contributed by atoms with E-state index in [-0.39, 0.29) is 11.9 Å². The fourth-order valence-corrected chi connectivity index (χ4v) is 3.38. The van der Waals surface area contributed by atoms with E-state index in [0.29, 0.717) is 41.8 Å². The molecule has 3 aromatic rings. The van der Waals surface area contributed by atoms with Crippen molar-refractivity contribution >= 4 is 22.9 Å². The second-order valence-electron chi connectivity index (χ2n) is 6.31. The van der Waals surface area contributed by atoms with E-state index >= 15 is 0 Å². The number of primary amides is 1. The number of carbonyl (C=O) groups is 1. The highest BCUT2D eigenvalue weighted by molar-refractivity contribution is 5.90. The number of rotatable bonds is 5. The topological polar surface area (TPSA) is 110 Å². The molecule has 8 nitrogen and oxygen atoms in total. The number of benzene rings is 1. The van der Waals surface area contributed by atoms with Gasteiger partial charge >= 0.3 is 0 Å². The van der Waals surface area contributed by atoms with Crippen LogP contribution in [-0.4, -0.2) is 45.5 Å². The molecule has 0 bridgehead atoms. The van der Waals surface area contributed by atoms with E-state index in [1.54, 1.807) is 7.11 Å². The van der Waals surface area contributed by atoms with Crippen LogP contribution in [0.5, 0.6) is 0 Å². The number of aromatic amines is 1. The minimum atomic E-state index is -0.370. The largest absolute Gasteiger partial charge is 0.377 e. The van der Waals surface area contributed by atoms with Gasteiger partial charge in [0.25, 0.3) is 0 Å². The molecule has 0 saturated carbocycles. The van der Waals surface area contributed by atoms with Crippen LogP contribution < -0.4 is 10.6 Å². The average molecular weight is 352 g/mol. The number of nitrogens with zero attached hydrogens (tertiary/aromatic N) is 4. The summed E-state index contributed by atoms with van der Waals surface area (Å²) in [6.07, 6.45) is 1.61. The van der Waals surface area contributed by atoms with Gasteiger partial charge in [0.1, 0.15) is 24.0 Å². The first-order chi connectivity index (χ1) is 12.7. The number of imidazole rings is 1. The number of amides is 1. The van der Waals surface area contributed by atoms with Gasteiger partial charge in [-0.15, -0.1) is 0 Å². The lowest BCUT2D eigenvalue weighted by atomic mass is 10.2. The van der Waals surface area contributed by atoms with Crippen LogP contribution in [0.3, 0.4) is 0 Å². The molecule has 2 aromatic heterocycles.